The zero-order chi connectivity index (χ0) is 19.5. The Hall–Kier alpha value is -1.70. The Morgan fingerprint density at radius 2 is 1.96 bits per heavy atom. The van der Waals surface area contributed by atoms with Crippen LogP contribution in [0, 0.1) is 5.92 Å². The van der Waals surface area contributed by atoms with Gasteiger partial charge < -0.3 is 19.3 Å². The molecule has 8 heteroatoms. The standard InChI is InChI=1S/C20H27ClN2O5/c21-15-1-2-18-19(9-15)28-17(13-26-18)10-22-6-3-14(4-7-22)5-8-23-16(11-24)12-27-20(23)25/h1-2,9,14,16-17,24H,3-8,10-13H2. The number of piperidine rings is 1. The summed E-state index contributed by atoms with van der Waals surface area (Å²) in [4.78, 5) is 15.8. The van der Waals surface area contributed by atoms with E-state index in [4.69, 9.17) is 25.8 Å². The van der Waals surface area contributed by atoms with Gasteiger partial charge in [-0.25, -0.2) is 4.79 Å². The predicted octanol–water partition coefficient (Wildman–Crippen LogP) is 2.40. The highest BCUT2D eigenvalue weighted by Crippen LogP contribution is 2.34. The van der Waals surface area contributed by atoms with Crippen LogP contribution in [0.4, 0.5) is 4.79 Å². The second kappa shape index (κ2) is 8.76. The van der Waals surface area contributed by atoms with Gasteiger partial charge in [0.05, 0.1) is 12.6 Å². The average molecular weight is 411 g/mol. The first-order valence-electron chi connectivity index (χ1n) is 9.98. The third-order valence-corrected chi connectivity index (χ3v) is 6.09. The van der Waals surface area contributed by atoms with E-state index in [0.29, 0.717) is 30.7 Å². The highest BCUT2D eigenvalue weighted by Gasteiger charge is 2.33. The van der Waals surface area contributed by atoms with Crippen molar-refractivity contribution in [1.29, 1.82) is 0 Å². The monoisotopic (exact) mass is 410 g/mol. The van der Waals surface area contributed by atoms with Crippen LogP contribution < -0.4 is 9.47 Å². The molecule has 1 N–H and O–H groups in total. The molecule has 2 unspecified atom stereocenters. The normalized spacial score (nSPS) is 25.8. The largest absolute Gasteiger partial charge is 0.486 e. The molecule has 0 spiro atoms. The van der Waals surface area contributed by atoms with Gasteiger partial charge in [-0.05, 0) is 50.4 Å². The molecule has 2 atom stereocenters. The molecule has 3 aliphatic heterocycles. The quantitative estimate of drug-likeness (QED) is 0.776. The number of likely N-dealkylation sites (tertiary alicyclic amines) is 1. The smallest absolute Gasteiger partial charge is 0.410 e. The topological polar surface area (TPSA) is 71.5 Å². The molecule has 3 aliphatic rings. The Bertz CT molecular complexity index is 695. The van der Waals surface area contributed by atoms with Gasteiger partial charge in [0.1, 0.15) is 19.3 Å². The maximum atomic E-state index is 11.7. The number of benzene rings is 1. The number of ether oxygens (including phenoxy) is 3. The second-order valence-corrected chi connectivity index (χ2v) is 8.22. The average Bonchev–Trinajstić information content (AvgIpc) is 3.07. The Labute approximate surface area is 170 Å². The van der Waals surface area contributed by atoms with Crippen LogP contribution in [0.1, 0.15) is 19.3 Å². The van der Waals surface area contributed by atoms with Crippen LogP contribution in [0.25, 0.3) is 0 Å². The van der Waals surface area contributed by atoms with Gasteiger partial charge in [-0.1, -0.05) is 11.6 Å². The third-order valence-electron chi connectivity index (χ3n) is 5.86. The van der Waals surface area contributed by atoms with Crippen molar-refractivity contribution in [3.05, 3.63) is 23.2 Å². The first kappa shape index (κ1) is 19.6. The predicted molar refractivity (Wildman–Crippen MR) is 104 cm³/mol. The molecule has 2 saturated heterocycles. The summed E-state index contributed by atoms with van der Waals surface area (Å²) in [6.45, 7) is 4.33. The van der Waals surface area contributed by atoms with E-state index in [0.717, 1.165) is 50.4 Å². The van der Waals surface area contributed by atoms with Gasteiger partial charge in [-0.3, -0.25) is 9.80 Å². The van der Waals surface area contributed by atoms with Crippen LogP contribution in [0.2, 0.25) is 5.02 Å². The highest BCUT2D eigenvalue weighted by molar-refractivity contribution is 6.30. The Kier molecular flexibility index (Phi) is 6.13. The zero-order valence-electron chi connectivity index (χ0n) is 15.9. The minimum absolute atomic E-state index is 0.00667. The molecule has 0 aromatic heterocycles. The molecule has 4 rings (SSSR count). The molecule has 1 amide bonds. The number of carbonyl (C=O) groups excluding carboxylic acids is 1. The number of aliphatic hydroxyl groups excluding tert-OH is 1. The van der Waals surface area contributed by atoms with Gasteiger partial charge in [-0.2, -0.15) is 0 Å². The summed E-state index contributed by atoms with van der Waals surface area (Å²) in [5, 5.41) is 10.00. The molecule has 2 fully saturated rings. The van der Waals surface area contributed by atoms with Gasteiger partial charge in [0.2, 0.25) is 0 Å². The molecule has 154 valence electrons. The first-order valence-corrected chi connectivity index (χ1v) is 10.4. The van der Waals surface area contributed by atoms with Crippen LogP contribution in [-0.2, 0) is 4.74 Å². The van der Waals surface area contributed by atoms with Gasteiger partial charge in [0.15, 0.2) is 11.5 Å². The highest BCUT2D eigenvalue weighted by atomic mass is 35.5. The summed E-state index contributed by atoms with van der Waals surface area (Å²) in [5.41, 5.74) is 0. The fourth-order valence-electron chi connectivity index (χ4n) is 4.16. The van der Waals surface area contributed by atoms with Crippen LogP contribution in [-0.4, -0.2) is 79.1 Å². The van der Waals surface area contributed by atoms with E-state index in [1.54, 1.807) is 17.0 Å². The lowest BCUT2D eigenvalue weighted by atomic mass is 9.93. The van der Waals surface area contributed by atoms with Crippen molar-refractivity contribution < 1.29 is 24.1 Å². The fourth-order valence-corrected chi connectivity index (χ4v) is 4.32. The summed E-state index contributed by atoms with van der Waals surface area (Å²) in [6, 6.07) is 5.27. The van der Waals surface area contributed by atoms with Crippen molar-refractivity contribution in [2.24, 2.45) is 5.92 Å². The molecule has 28 heavy (non-hydrogen) atoms. The van der Waals surface area contributed by atoms with Crippen molar-refractivity contribution in [3.8, 4) is 11.5 Å². The lowest BCUT2D eigenvalue weighted by Crippen LogP contribution is -2.44. The van der Waals surface area contributed by atoms with E-state index in [9.17, 15) is 9.90 Å². The number of aliphatic hydroxyl groups is 1. The van der Waals surface area contributed by atoms with Crippen molar-refractivity contribution >= 4 is 17.7 Å². The van der Waals surface area contributed by atoms with E-state index < -0.39 is 0 Å². The van der Waals surface area contributed by atoms with E-state index in [1.165, 1.54) is 0 Å². The Balaban J connectivity index is 1.20. The van der Waals surface area contributed by atoms with Crippen LogP contribution in [0.3, 0.4) is 0 Å². The van der Waals surface area contributed by atoms with Gasteiger partial charge in [0, 0.05) is 24.2 Å². The lowest BCUT2D eigenvalue weighted by molar-refractivity contribution is 0.0464. The number of hydrogen-bond acceptors (Lipinski definition) is 6. The van der Waals surface area contributed by atoms with Crippen LogP contribution >= 0.6 is 11.6 Å². The second-order valence-electron chi connectivity index (χ2n) is 7.78. The van der Waals surface area contributed by atoms with E-state index in [2.05, 4.69) is 4.90 Å². The molecule has 1 aromatic rings. The summed E-state index contributed by atoms with van der Waals surface area (Å²) >= 11 is 6.04. The van der Waals surface area contributed by atoms with Crippen molar-refractivity contribution in [2.45, 2.75) is 31.4 Å². The Morgan fingerprint density at radius 3 is 2.75 bits per heavy atom. The lowest BCUT2D eigenvalue weighted by Gasteiger charge is -2.36. The minimum atomic E-state index is -0.300. The molecule has 0 radical (unpaired) electrons. The molecule has 3 heterocycles. The molecule has 0 bridgehead atoms. The maximum absolute atomic E-state index is 11.7. The first-order chi connectivity index (χ1) is 13.6. The van der Waals surface area contributed by atoms with Crippen LogP contribution in [0.15, 0.2) is 18.2 Å². The summed E-state index contributed by atoms with van der Waals surface area (Å²) < 4.78 is 16.9. The van der Waals surface area contributed by atoms with Gasteiger partial charge in [0.25, 0.3) is 0 Å². The summed E-state index contributed by atoms with van der Waals surface area (Å²) in [5.74, 6) is 2.06. The number of nitrogens with zero attached hydrogens (tertiary/aromatic N) is 2. The number of rotatable bonds is 6. The van der Waals surface area contributed by atoms with Crippen LogP contribution in [0.5, 0.6) is 11.5 Å². The molecule has 0 aliphatic carbocycles. The maximum Gasteiger partial charge on any atom is 0.410 e. The number of carbonyl (C=O) groups is 1. The SMILES string of the molecule is O=C1OCC(CO)N1CCC1CCN(CC2COc3ccc(Cl)cc3O2)CC1. The van der Waals surface area contributed by atoms with E-state index in [1.807, 2.05) is 6.07 Å². The summed E-state index contributed by atoms with van der Waals surface area (Å²) in [6.07, 6.45) is 2.86. The number of halogens is 1. The van der Waals surface area contributed by atoms with E-state index >= 15 is 0 Å². The molecule has 0 saturated carbocycles. The number of hydrogen-bond donors (Lipinski definition) is 1. The Morgan fingerprint density at radius 1 is 1.14 bits per heavy atom. The van der Waals surface area contributed by atoms with Crippen molar-refractivity contribution in [2.75, 3.05) is 46.0 Å². The van der Waals surface area contributed by atoms with Gasteiger partial charge >= 0.3 is 6.09 Å². The van der Waals surface area contributed by atoms with Crippen molar-refractivity contribution in [1.82, 2.24) is 9.80 Å². The number of cyclic esters (lactones) is 1. The number of fused-ring (bicyclic) bond motifs is 1. The molecule has 7 nitrogen and oxygen atoms in total. The molecule has 1 aromatic carbocycles. The molecular weight excluding hydrogens is 384 g/mol. The number of amides is 1. The zero-order valence-corrected chi connectivity index (χ0v) is 16.6. The molecular formula is C20H27ClN2O5. The third kappa shape index (κ3) is 4.47. The van der Waals surface area contributed by atoms with Gasteiger partial charge in [-0.15, -0.1) is 0 Å². The van der Waals surface area contributed by atoms with E-state index in [-0.39, 0.29) is 24.8 Å². The van der Waals surface area contributed by atoms with Crippen molar-refractivity contribution in [3.63, 3.8) is 0 Å². The summed E-state index contributed by atoms with van der Waals surface area (Å²) in [7, 11) is 0. The fraction of sp³-hybridized carbons (Fsp3) is 0.650. The minimum Gasteiger partial charge on any atom is -0.486 e.